The van der Waals surface area contributed by atoms with Crippen molar-refractivity contribution in [3.05, 3.63) is 58.7 Å². The first kappa shape index (κ1) is 20.2. The van der Waals surface area contributed by atoms with Gasteiger partial charge in [0.15, 0.2) is 11.6 Å². The van der Waals surface area contributed by atoms with Crippen molar-refractivity contribution in [2.45, 2.75) is 50.4 Å². The minimum Gasteiger partial charge on any atom is -0.490 e. The van der Waals surface area contributed by atoms with E-state index in [0.29, 0.717) is 31.7 Å². The van der Waals surface area contributed by atoms with Gasteiger partial charge in [-0.15, -0.1) is 0 Å². The summed E-state index contributed by atoms with van der Waals surface area (Å²) in [7, 11) is 1.66. The lowest BCUT2D eigenvalue weighted by molar-refractivity contribution is -0.138. The molecule has 164 valence electrons. The number of carbonyl (C=O) groups is 1. The Morgan fingerprint density at radius 3 is 2.61 bits per heavy atom. The van der Waals surface area contributed by atoms with Crippen LogP contribution in [0.2, 0.25) is 0 Å². The van der Waals surface area contributed by atoms with Gasteiger partial charge in [-0.1, -0.05) is 18.2 Å². The van der Waals surface area contributed by atoms with Gasteiger partial charge in [-0.3, -0.25) is 4.79 Å². The average Bonchev–Trinajstić information content (AvgIpc) is 3.53. The van der Waals surface area contributed by atoms with Crippen LogP contribution in [0.1, 0.15) is 41.9 Å². The number of anilines is 1. The van der Waals surface area contributed by atoms with Crippen LogP contribution in [0, 0.1) is 17.6 Å². The number of benzene rings is 2. The van der Waals surface area contributed by atoms with Crippen LogP contribution in [-0.4, -0.2) is 36.9 Å². The molecule has 0 unspecified atom stereocenters. The quantitative estimate of drug-likeness (QED) is 0.743. The third kappa shape index (κ3) is 3.87. The fraction of sp³-hybridized carbons (Fsp3) is 0.458. The summed E-state index contributed by atoms with van der Waals surface area (Å²) in [6.07, 6.45) is 2.99. The Morgan fingerprint density at radius 1 is 1.10 bits per heavy atom. The van der Waals surface area contributed by atoms with Gasteiger partial charge in [0, 0.05) is 45.2 Å². The minimum atomic E-state index is -0.912. The molecule has 1 N–H and O–H groups in total. The Hall–Kier alpha value is -2.67. The molecule has 3 aliphatic rings. The molecule has 2 fully saturated rings. The Kier molecular flexibility index (Phi) is 5.08. The molecule has 5 rings (SSSR count). The first-order valence-electron chi connectivity index (χ1n) is 10.7. The molecular weight excluding hydrogens is 404 g/mol. The van der Waals surface area contributed by atoms with E-state index in [4.69, 9.17) is 14.6 Å². The number of fused-ring (bicyclic) bond motifs is 1. The maximum Gasteiger partial charge on any atom is 0.307 e. The van der Waals surface area contributed by atoms with Gasteiger partial charge in [0.25, 0.3) is 0 Å². The number of aliphatic carboxylic acids is 1. The van der Waals surface area contributed by atoms with Gasteiger partial charge in [0.1, 0.15) is 11.9 Å². The Morgan fingerprint density at radius 2 is 1.90 bits per heavy atom. The van der Waals surface area contributed by atoms with E-state index in [9.17, 15) is 13.6 Å². The highest BCUT2D eigenvalue weighted by Gasteiger charge is 2.44. The largest absolute Gasteiger partial charge is 0.490 e. The first-order valence-corrected chi connectivity index (χ1v) is 10.7. The van der Waals surface area contributed by atoms with Crippen LogP contribution in [0.4, 0.5) is 14.5 Å². The molecule has 31 heavy (non-hydrogen) atoms. The molecule has 2 aromatic rings. The van der Waals surface area contributed by atoms with Crippen molar-refractivity contribution in [3.8, 4) is 5.75 Å². The van der Waals surface area contributed by atoms with Crippen LogP contribution < -0.4 is 9.64 Å². The van der Waals surface area contributed by atoms with Crippen molar-refractivity contribution in [1.82, 2.24) is 0 Å². The summed E-state index contributed by atoms with van der Waals surface area (Å²) >= 11 is 0. The number of ether oxygens (including phenoxy) is 2. The number of hydrogen-bond donors (Lipinski definition) is 1. The second-order valence-electron chi connectivity index (χ2n) is 8.79. The predicted octanol–water partition coefficient (Wildman–Crippen LogP) is 4.27. The van der Waals surface area contributed by atoms with Gasteiger partial charge >= 0.3 is 5.97 Å². The van der Waals surface area contributed by atoms with Gasteiger partial charge < -0.3 is 19.5 Å². The third-order valence-electron chi connectivity index (χ3n) is 6.79. The van der Waals surface area contributed by atoms with Crippen molar-refractivity contribution >= 4 is 11.7 Å². The van der Waals surface area contributed by atoms with Crippen LogP contribution in [0.15, 0.2) is 30.3 Å². The molecule has 2 saturated carbocycles. The standard InChI is InChI=1S/C24H25F2NO4/c1-30-16-7-17(8-16)31-18-9-21(25)23(26)22(10-18)27-5-4-13-6-14(2-3-15(13)12-27)19-11-20(19)24(28)29/h2-3,6,9-10,16-17,19-20H,4-5,7-8,11-12H2,1H3,(H,28,29)/t16-,17-,19-,20+/m1/s1. The lowest BCUT2D eigenvalue weighted by atomic mass is 9.92. The van der Waals surface area contributed by atoms with Gasteiger partial charge in [0.05, 0.1) is 17.7 Å². The molecule has 2 aromatic carbocycles. The van der Waals surface area contributed by atoms with E-state index >= 15 is 0 Å². The highest BCUT2D eigenvalue weighted by atomic mass is 19.2. The topological polar surface area (TPSA) is 59.0 Å². The Balaban J connectivity index is 1.32. The lowest BCUT2D eigenvalue weighted by Gasteiger charge is -2.35. The molecule has 5 nitrogen and oxygen atoms in total. The van der Waals surface area contributed by atoms with E-state index in [0.717, 1.165) is 35.6 Å². The van der Waals surface area contributed by atoms with Crippen molar-refractivity contribution in [2.75, 3.05) is 18.6 Å². The zero-order valence-electron chi connectivity index (χ0n) is 17.3. The van der Waals surface area contributed by atoms with E-state index in [1.807, 2.05) is 17.0 Å². The van der Waals surface area contributed by atoms with Crippen LogP contribution in [-0.2, 0) is 22.5 Å². The summed E-state index contributed by atoms with van der Waals surface area (Å²) < 4.78 is 40.0. The SMILES string of the molecule is CO[C@H]1C[C@H](Oc2cc(F)c(F)c(N3CCc4cc([C@H]5C[C@@H]5C(=O)O)ccc4C3)c2)C1. The molecule has 2 atom stereocenters. The van der Waals surface area contributed by atoms with E-state index in [1.165, 1.54) is 0 Å². The molecule has 0 aromatic heterocycles. The summed E-state index contributed by atoms with van der Waals surface area (Å²) in [4.78, 5) is 13.0. The normalized spacial score (nSPS) is 26.7. The molecule has 1 heterocycles. The molecule has 0 amide bonds. The molecule has 2 aliphatic carbocycles. The smallest absolute Gasteiger partial charge is 0.307 e. The maximum absolute atomic E-state index is 14.6. The number of hydrogen-bond acceptors (Lipinski definition) is 4. The summed E-state index contributed by atoms with van der Waals surface area (Å²) in [6, 6.07) is 8.73. The highest BCUT2D eigenvalue weighted by Crippen LogP contribution is 2.48. The molecular formula is C24H25F2NO4. The highest BCUT2D eigenvalue weighted by molar-refractivity contribution is 5.75. The predicted molar refractivity (Wildman–Crippen MR) is 110 cm³/mol. The Labute approximate surface area is 179 Å². The Bertz CT molecular complexity index is 1020. The summed E-state index contributed by atoms with van der Waals surface area (Å²) in [6.45, 7) is 1.02. The van der Waals surface area contributed by atoms with Crippen LogP contribution in [0.25, 0.3) is 0 Å². The monoisotopic (exact) mass is 429 g/mol. The second-order valence-corrected chi connectivity index (χ2v) is 8.79. The average molecular weight is 429 g/mol. The third-order valence-corrected chi connectivity index (χ3v) is 6.79. The molecule has 0 saturated heterocycles. The summed E-state index contributed by atoms with van der Waals surface area (Å²) in [5, 5.41) is 9.17. The number of carboxylic acids is 1. The number of rotatable bonds is 6. The molecule has 1 aliphatic heterocycles. The molecule has 0 bridgehead atoms. The van der Waals surface area contributed by atoms with E-state index < -0.39 is 17.6 Å². The van der Waals surface area contributed by atoms with Crippen molar-refractivity contribution in [2.24, 2.45) is 5.92 Å². The van der Waals surface area contributed by atoms with Gasteiger partial charge in [-0.25, -0.2) is 8.78 Å². The number of methoxy groups -OCH3 is 1. The van der Waals surface area contributed by atoms with Crippen molar-refractivity contribution in [1.29, 1.82) is 0 Å². The first-order chi connectivity index (χ1) is 14.9. The molecule has 0 radical (unpaired) electrons. The number of carboxylic acid groups (broad SMARTS) is 1. The zero-order valence-corrected chi connectivity index (χ0v) is 17.3. The maximum atomic E-state index is 14.6. The van der Waals surface area contributed by atoms with Gasteiger partial charge in [-0.2, -0.15) is 0 Å². The van der Waals surface area contributed by atoms with E-state index in [1.54, 1.807) is 13.2 Å². The number of nitrogens with zero attached hydrogens (tertiary/aromatic N) is 1. The van der Waals surface area contributed by atoms with Crippen molar-refractivity contribution < 1.29 is 28.2 Å². The van der Waals surface area contributed by atoms with Crippen LogP contribution >= 0.6 is 0 Å². The zero-order chi connectivity index (χ0) is 21.7. The molecule has 0 spiro atoms. The fourth-order valence-corrected chi connectivity index (χ4v) is 4.69. The minimum absolute atomic E-state index is 0.0415. The van der Waals surface area contributed by atoms with Gasteiger partial charge in [-0.05, 0) is 35.4 Å². The van der Waals surface area contributed by atoms with Crippen molar-refractivity contribution in [3.63, 3.8) is 0 Å². The van der Waals surface area contributed by atoms with Gasteiger partial charge in [0.2, 0.25) is 0 Å². The summed E-state index contributed by atoms with van der Waals surface area (Å²) in [5.41, 5.74) is 3.47. The second kappa shape index (κ2) is 7.79. The van der Waals surface area contributed by atoms with Crippen LogP contribution in [0.3, 0.4) is 0 Å². The van der Waals surface area contributed by atoms with E-state index in [2.05, 4.69) is 6.07 Å². The number of halogens is 2. The van der Waals surface area contributed by atoms with Crippen LogP contribution in [0.5, 0.6) is 5.75 Å². The lowest BCUT2D eigenvalue weighted by Crippen LogP contribution is -2.39. The van der Waals surface area contributed by atoms with E-state index in [-0.39, 0.29) is 29.7 Å². The fourth-order valence-electron chi connectivity index (χ4n) is 4.69. The summed E-state index contributed by atoms with van der Waals surface area (Å²) in [5.74, 6) is -2.38. The molecule has 7 heteroatoms.